The third-order valence-electron chi connectivity index (χ3n) is 4.66. The van der Waals surface area contributed by atoms with Crippen LogP contribution in [0.15, 0.2) is 85.5 Å². The van der Waals surface area contributed by atoms with Crippen LogP contribution in [0.1, 0.15) is 11.7 Å². The van der Waals surface area contributed by atoms with E-state index in [9.17, 15) is 10.2 Å². The lowest BCUT2D eigenvalue weighted by Gasteiger charge is -2.18. The molecule has 2 N–H and O–H groups in total. The van der Waals surface area contributed by atoms with E-state index in [-0.39, 0.29) is 5.75 Å². The number of benzene rings is 4. The number of hydrogen-bond donors (Lipinski definition) is 2. The molecule has 0 saturated carbocycles. The Kier molecular flexibility index (Phi) is 3.75. The van der Waals surface area contributed by atoms with Gasteiger partial charge in [-0.3, -0.25) is 0 Å². The van der Waals surface area contributed by atoms with Crippen LogP contribution >= 0.6 is 0 Å². The summed E-state index contributed by atoms with van der Waals surface area (Å²) in [5.74, 6) is 0.201. The molecule has 4 aromatic rings. The van der Waals surface area contributed by atoms with Crippen molar-refractivity contribution in [2.24, 2.45) is 0 Å². The molecule has 25 heavy (non-hydrogen) atoms. The van der Waals surface area contributed by atoms with E-state index in [4.69, 9.17) is 0 Å². The molecule has 2 nitrogen and oxygen atoms in total. The van der Waals surface area contributed by atoms with E-state index < -0.39 is 6.10 Å². The smallest absolute Gasteiger partial charge is 0.124 e. The maximum Gasteiger partial charge on any atom is 0.124 e. The van der Waals surface area contributed by atoms with Gasteiger partial charge in [0.1, 0.15) is 5.75 Å². The van der Waals surface area contributed by atoms with E-state index in [0.717, 1.165) is 38.2 Å². The number of rotatable bonds is 3. The Bertz CT molecular complexity index is 1100. The molecular weight excluding hydrogens is 308 g/mol. The monoisotopic (exact) mass is 326 g/mol. The minimum absolute atomic E-state index is 0.201. The Hall–Kier alpha value is -3.10. The molecule has 0 spiro atoms. The second kappa shape index (κ2) is 6.08. The highest BCUT2D eigenvalue weighted by Crippen LogP contribution is 2.43. The van der Waals surface area contributed by atoms with Crippen LogP contribution in [0.3, 0.4) is 0 Å². The van der Waals surface area contributed by atoms with Crippen molar-refractivity contribution in [2.75, 3.05) is 0 Å². The van der Waals surface area contributed by atoms with Gasteiger partial charge in [0.2, 0.25) is 0 Å². The van der Waals surface area contributed by atoms with Crippen molar-refractivity contribution in [1.82, 2.24) is 0 Å². The average molecular weight is 326 g/mol. The molecular formula is C23H18O2. The quantitative estimate of drug-likeness (QED) is 0.482. The molecule has 0 bridgehead atoms. The zero-order valence-corrected chi connectivity index (χ0v) is 13.7. The van der Waals surface area contributed by atoms with Gasteiger partial charge >= 0.3 is 0 Å². The van der Waals surface area contributed by atoms with Gasteiger partial charge in [-0.1, -0.05) is 72.8 Å². The Morgan fingerprint density at radius 2 is 1.28 bits per heavy atom. The summed E-state index contributed by atoms with van der Waals surface area (Å²) in [6.45, 7) is 3.72. The minimum atomic E-state index is -0.807. The minimum Gasteiger partial charge on any atom is -0.507 e. The SMILES string of the molecule is C=C[C@@H](O)c1ccc2ccccc2c1-c1c(O)ccc2ccccc12. The Morgan fingerprint density at radius 3 is 1.92 bits per heavy atom. The standard InChI is InChI=1S/C23H18O2/c1-2-20(24)19-13-11-15-7-3-5-9-17(15)22(19)23-18-10-6-4-8-16(18)12-14-21(23)25/h2-14,20,24-25H,1H2/t20-/m1/s1. The third kappa shape index (κ3) is 2.48. The first-order chi connectivity index (χ1) is 12.2. The van der Waals surface area contributed by atoms with Crippen molar-refractivity contribution in [2.45, 2.75) is 6.10 Å². The molecule has 0 aliphatic rings. The van der Waals surface area contributed by atoms with E-state index >= 15 is 0 Å². The van der Waals surface area contributed by atoms with Crippen molar-refractivity contribution >= 4 is 21.5 Å². The van der Waals surface area contributed by atoms with Gasteiger partial charge in [-0.15, -0.1) is 6.58 Å². The highest BCUT2D eigenvalue weighted by Gasteiger charge is 2.19. The molecule has 2 heteroatoms. The van der Waals surface area contributed by atoms with Crippen LogP contribution in [0.5, 0.6) is 5.75 Å². The molecule has 0 amide bonds. The predicted molar refractivity (Wildman–Crippen MR) is 104 cm³/mol. The second-order valence-corrected chi connectivity index (χ2v) is 6.11. The lowest BCUT2D eigenvalue weighted by atomic mass is 9.87. The molecule has 0 heterocycles. The molecule has 0 saturated heterocycles. The van der Waals surface area contributed by atoms with Crippen molar-refractivity contribution in [3.63, 3.8) is 0 Å². The van der Waals surface area contributed by atoms with Gasteiger partial charge < -0.3 is 10.2 Å². The van der Waals surface area contributed by atoms with Crippen LogP contribution in [0.25, 0.3) is 32.7 Å². The van der Waals surface area contributed by atoms with E-state index in [2.05, 4.69) is 6.58 Å². The molecule has 0 radical (unpaired) electrons. The summed E-state index contributed by atoms with van der Waals surface area (Å²) in [5.41, 5.74) is 2.32. The fourth-order valence-corrected chi connectivity index (χ4v) is 3.46. The Morgan fingerprint density at radius 1 is 0.720 bits per heavy atom. The number of hydrogen-bond acceptors (Lipinski definition) is 2. The van der Waals surface area contributed by atoms with Gasteiger partial charge in [-0.05, 0) is 38.7 Å². The van der Waals surface area contributed by atoms with Crippen LogP contribution in [-0.2, 0) is 0 Å². The van der Waals surface area contributed by atoms with Gasteiger partial charge in [0, 0.05) is 5.56 Å². The molecule has 0 unspecified atom stereocenters. The number of fused-ring (bicyclic) bond motifs is 2. The molecule has 1 atom stereocenters. The fraction of sp³-hybridized carbons (Fsp3) is 0.0435. The van der Waals surface area contributed by atoms with Crippen LogP contribution in [-0.4, -0.2) is 10.2 Å². The van der Waals surface area contributed by atoms with Crippen LogP contribution < -0.4 is 0 Å². The molecule has 4 rings (SSSR count). The zero-order chi connectivity index (χ0) is 17.4. The van der Waals surface area contributed by atoms with E-state index in [1.54, 1.807) is 6.07 Å². The molecule has 0 aliphatic heterocycles. The molecule has 0 aliphatic carbocycles. The summed E-state index contributed by atoms with van der Waals surface area (Å²) in [6.07, 6.45) is 0.702. The zero-order valence-electron chi connectivity index (χ0n) is 13.7. The van der Waals surface area contributed by atoms with Gasteiger partial charge in [0.25, 0.3) is 0 Å². The van der Waals surface area contributed by atoms with Crippen molar-refractivity contribution in [1.29, 1.82) is 0 Å². The molecule has 0 aromatic heterocycles. The summed E-state index contributed by atoms with van der Waals surface area (Å²) in [7, 11) is 0. The first-order valence-corrected chi connectivity index (χ1v) is 8.24. The van der Waals surface area contributed by atoms with Gasteiger partial charge in [-0.2, -0.15) is 0 Å². The van der Waals surface area contributed by atoms with Crippen LogP contribution in [0.2, 0.25) is 0 Å². The maximum absolute atomic E-state index is 10.7. The number of aliphatic hydroxyl groups excluding tert-OH is 1. The normalized spacial score (nSPS) is 12.4. The van der Waals surface area contributed by atoms with E-state index in [0.29, 0.717) is 0 Å². The summed E-state index contributed by atoms with van der Waals surface area (Å²) in [6, 6.07) is 23.5. The summed E-state index contributed by atoms with van der Waals surface area (Å²) in [4.78, 5) is 0. The lowest BCUT2D eigenvalue weighted by Crippen LogP contribution is -1.98. The van der Waals surface area contributed by atoms with Crippen LogP contribution in [0, 0.1) is 0 Å². The number of aliphatic hydroxyl groups is 1. The Balaban J connectivity index is 2.21. The van der Waals surface area contributed by atoms with Gasteiger partial charge in [0.15, 0.2) is 0 Å². The van der Waals surface area contributed by atoms with Gasteiger partial charge in [-0.25, -0.2) is 0 Å². The molecule has 122 valence electrons. The molecule has 0 fully saturated rings. The highest BCUT2D eigenvalue weighted by molar-refractivity contribution is 6.08. The van der Waals surface area contributed by atoms with E-state index in [1.165, 1.54) is 6.08 Å². The average Bonchev–Trinajstić information content (AvgIpc) is 2.67. The van der Waals surface area contributed by atoms with Crippen LogP contribution in [0.4, 0.5) is 0 Å². The number of phenolic OH excluding ortho intramolecular Hbond substituents is 1. The fourth-order valence-electron chi connectivity index (χ4n) is 3.46. The number of phenols is 1. The van der Waals surface area contributed by atoms with E-state index in [1.807, 2.05) is 66.7 Å². The highest BCUT2D eigenvalue weighted by atomic mass is 16.3. The lowest BCUT2D eigenvalue weighted by molar-refractivity contribution is 0.230. The second-order valence-electron chi connectivity index (χ2n) is 6.11. The Labute approximate surface area is 146 Å². The first-order valence-electron chi connectivity index (χ1n) is 8.24. The van der Waals surface area contributed by atoms with Crippen molar-refractivity contribution in [3.05, 3.63) is 91.0 Å². The number of aromatic hydroxyl groups is 1. The van der Waals surface area contributed by atoms with Crippen molar-refractivity contribution < 1.29 is 10.2 Å². The summed E-state index contributed by atoms with van der Waals surface area (Å²) >= 11 is 0. The summed E-state index contributed by atoms with van der Waals surface area (Å²) < 4.78 is 0. The first kappa shape index (κ1) is 15.4. The topological polar surface area (TPSA) is 40.5 Å². The van der Waals surface area contributed by atoms with Gasteiger partial charge in [0.05, 0.1) is 6.10 Å². The molecule has 4 aromatic carbocycles. The summed E-state index contributed by atoms with van der Waals surface area (Å²) in [5, 5.41) is 25.2. The third-order valence-corrected chi connectivity index (χ3v) is 4.66. The largest absolute Gasteiger partial charge is 0.507 e. The predicted octanol–water partition coefficient (Wildman–Crippen LogP) is 5.59. The van der Waals surface area contributed by atoms with Crippen molar-refractivity contribution in [3.8, 4) is 16.9 Å². The maximum atomic E-state index is 10.7.